The van der Waals surface area contributed by atoms with Crippen LogP contribution in [0.3, 0.4) is 0 Å². The molecule has 0 spiro atoms. The molecule has 2 amide bonds. The summed E-state index contributed by atoms with van der Waals surface area (Å²) in [5, 5.41) is 7.98. The SMILES string of the molecule is CC#CC(=O)N1CC[C@H](OC(=O)N2CCC(Nc3nc(C)nc4c(C(C)C)cnn34)CC2)C1. The first-order valence-electron chi connectivity index (χ1n) is 11.5. The normalized spacial score (nSPS) is 19.0. The first kappa shape index (κ1) is 22.8. The van der Waals surface area contributed by atoms with E-state index in [1.165, 1.54) is 0 Å². The highest BCUT2D eigenvalue weighted by Crippen LogP contribution is 2.23. The molecule has 176 valence electrons. The average molecular weight is 454 g/mol. The predicted molar refractivity (Wildman–Crippen MR) is 123 cm³/mol. The van der Waals surface area contributed by atoms with Gasteiger partial charge in [-0.15, -0.1) is 0 Å². The molecule has 2 fully saturated rings. The van der Waals surface area contributed by atoms with Gasteiger partial charge in [-0.2, -0.15) is 14.6 Å². The molecular weight excluding hydrogens is 422 g/mol. The third-order valence-electron chi connectivity index (χ3n) is 6.15. The van der Waals surface area contributed by atoms with Gasteiger partial charge in [0.25, 0.3) is 5.91 Å². The van der Waals surface area contributed by atoms with Gasteiger partial charge < -0.3 is 19.9 Å². The third-order valence-corrected chi connectivity index (χ3v) is 6.15. The Morgan fingerprint density at radius 3 is 2.58 bits per heavy atom. The summed E-state index contributed by atoms with van der Waals surface area (Å²) in [4.78, 5) is 37.0. The van der Waals surface area contributed by atoms with Crippen molar-refractivity contribution < 1.29 is 14.3 Å². The first-order chi connectivity index (χ1) is 15.9. The lowest BCUT2D eigenvalue weighted by molar-refractivity contribution is -0.124. The standard InChI is InChI=1S/C23H31N7O3/c1-5-6-20(31)29-12-9-18(14-29)33-23(32)28-10-7-17(8-11-28)27-22-26-16(4)25-21-19(15(2)3)13-24-30(21)22/h13,15,17-18H,7-12,14H2,1-4H3,(H,25,26,27)/t18-/m0/s1. The number of hydrogen-bond donors (Lipinski definition) is 1. The summed E-state index contributed by atoms with van der Waals surface area (Å²) in [6, 6.07) is 0.172. The van der Waals surface area contributed by atoms with Gasteiger partial charge in [0.1, 0.15) is 11.9 Å². The summed E-state index contributed by atoms with van der Waals surface area (Å²) in [5.41, 5.74) is 1.92. The predicted octanol–water partition coefficient (Wildman–Crippen LogP) is 2.19. The van der Waals surface area contributed by atoms with Crippen molar-refractivity contribution in [3.63, 3.8) is 0 Å². The van der Waals surface area contributed by atoms with E-state index in [2.05, 4.69) is 46.1 Å². The van der Waals surface area contributed by atoms with Crippen molar-refractivity contribution in [2.24, 2.45) is 0 Å². The minimum atomic E-state index is -0.316. The Balaban J connectivity index is 1.31. The number of carbonyl (C=O) groups excluding carboxylic acids is 2. The van der Waals surface area contributed by atoms with Gasteiger partial charge in [0, 0.05) is 37.7 Å². The van der Waals surface area contributed by atoms with Crippen molar-refractivity contribution in [2.75, 3.05) is 31.5 Å². The molecule has 0 aliphatic carbocycles. The van der Waals surface area contributed by atoms with Crippen LogP contribution in [0.2, 0.25) is 0 Å². The number of likely N-dealkylation sites (tertiary alicyclic amines) is 2. The van der Waals surface area contributed by atoms with Gasteiger partial charge in [-0.25, -0.2) is 9.78 Å². The fourth-order valence-corrected chi connectivity index (χ4v) is 4.30. The molecule has 4 rings (SSSR count). The molecule has 10 nitrogen and oxygen atoms in total. The Bertz CT molecular complexity index is 1090. The first-order valence-corrected chi connectivity index (χ1v) is 11.5. The van der Waals surface area contributed by atoms with Crippen molar-refractivity contribution in [1.29, 1.82) is 0 Å². The Morgan fingerprint density at radius 1 is 1.15 bits per heavy atom. The second-order valence-corrected chi connectivity index (χ2v) is 8.91. The number of amides is 2. The highest BCUT2D eigenvalue weighted by atomic mass is 16.6. The summed E-state index contributed by atoms with van der Waals surface area (Å²) in [5.74, 6) is 6.63. The number of nitrogens with one attached hydrogen (secondary N) is 1. The molecule has 10 heteroatoms. The van der Waals surface area contributed by atoms with Crippen molar-refractivity contribution >= 4 is 23.6 Å². The Hall–Kier alpha value is -3.35. The van der Waals surface area contributed by atoms with Crippen LogP contribution in [0.1, 0.15) is 57.3 Å². The summed E-state index contributed by atoms with van der Waals surface area (Å²) in [7, 11) is 0. The number of anilines is 1. The lowest BCUT2D eigenvalue weighted by Gasteiger charge is -2.32. The third kappa shape index (κ3) is 5.02. The van der Waals surface area contributed by atoms with E-state index in [0.717, 1.165) is 24.1 Å². The minimum Gasteiger partial charge on any atom is -0.444 e. The maximum Gasteiger partial charge on any atom is 0.410 e. The minimum absolute atomic E-state index is 0.172. The molecule has 0 saturated carbocycles. The Morgan fingerprint density at radius 2 is 1.88 bits per heavy atom. The number of aromatic nitrogens is 4. The maximum atomic E-state index is 12.6. The number of ether oxygens (including phenoxy) is 1. The van der Waals surface area contributed by atoms with Crippen LogP contribution in [0.25, 0.3) is 5.65 Å². The number of carbonyl (C=O) groups is 2. The van der Waals surface area contributed by atoms with E-state index < -0.39 is 0 Å². The number of hydrogen-bond acceptors (Lipinski definition) is 7. The number of aryl methyl sites for hydroxylation is 1. The fraction of sp³-hybridized carbons (Fsp3) is 0.609. The topological polar surface area (TPSA) is 105 Å². The zero-order chi connectivity index (χ0) is 23.5. The molecule has 2 saturated heterocycles. The van der Waals surface area contributed by atoms with Gasteiger partial charge in [-0.3, -0.25) is 4.79 Å². The van der Waals surface area contributed by atoms with E-state index in [1.807, 2.05) is 13.1 Å². The lowest BCUT2D eigenvalue weighted by atomic mass is 10.1. The van der Waals surface area contributed by atoms with E-state index in [1.54, 1.807) is 21.2 Å². The van der Waals surface area contributed by atoms with E-state index in [0.29, 0.717) is 50.3 Å². The molecule has 1 N–H and O–H groups in total. The summed E-state index contributed by atoms with van der Waals surface area (Å²) in [6.07, 6.45) is 3.46. The van der Waals surface area contributed by atoms with Crippen molar-refractivity contribution in [1.82, 2.24) is 29.4 Å². The van der Waals surface area contributed by atoms with Crippen LogP contribution in [-0.4, -0.2) is 79.7 Å². The quantitative estimate of drug-likeness (QED) is 0.708. The van der Waals surface area contributed by atoms with Crippen LogP contribution in [0.4, 0.5) is 10.7 Å². The molecule has 2 aromatic rings. The van der Waals surface area contributed by atoms with E-state index in [9.17, 15) is 9.59 Å². The molecule has 2 aliphatic heterocycles. The molecule has 0 radical (unpaired) electrons. The van der Waals surface area contributed by atoms with Crippen molar-refractivity contribution in [3.8, 4) is 11.8 Å². The number of rotatable bonds is 4. The fourth-order valence-electron chi connectivity index (χ4n) is 4.30. The van der Waals surface area contributed by atoms with Crippen LogP contribution in [0.5, 0.6) is 0 Å². The molecule has 0 unspecified atom stereocenters. The smallest absolute Gasteiger partial charge is 0.410 e. The second-order valence-electron chi connectivity index (χ2n) is 8.91. The molecule has 2 aromatic heterocycles. The van der Waals surface area contributed by atoms with Gasteiger partial charge in [-0.1, -0.05) is 19.8 Å². The summed E-state index contributed by atoms with van der Waals surface area (Å²) in [6.45, 7) is 9.92. The van der Waals surface area contributed by atoms with E-state index in [4.69, 9.17) is 4.74 Å². The van der Waals surface area contributed by atoms with E-state index in [-0.39, 0.29) is 24.1 Å². The molecular formula is C23H31N7O3. The van der Waals surface area contributed by atoms with Gasteiger partial charge in [0.05, 0.1) is 12.7 Å². The largest absolute Gasteiger partial charge is 0.444 e. The Labute approximate surface area is 193 Å². The van der Waals surface area contributed by atoms with Crippen LogP contribution >= 0.6 is 0 Å². The number of fused-ring (bicyclic) bond motifs is 1. The van der Waals surface area contributed by atoms with Crippen LogP contribution in [-0.2, 0) is 9.53 Å². The molecule has 0 aromatic carbocycles. The molecule has 4 heterocycles. The van der Waals surface area contributed by atoms with Gasteiger partial charge >= 0.3 is 6.09 Å². The number of nitrogens with zero attached hydrogens (tertiary/aromatic N) is 6. The second kappa shape index (κ2) is 9.65. The van der Waals surface area contributed by atoms with Crippen LogP contribution in [0.15, 0.2) is 6.20 Å². The van der Waals surface area contributed by atoms with Crippen molar-refractivity contribution in [2.45, 2.75) is 65.0 Å². The Kier molecular flexibility index (Phi) is 6.67. The summed E-state index contributed by atoms with van der Waals surface area (Å²) >= 11 is 0. The van der Waals surface area contributed by atoms with Crippen LogP contribution in [0, 0.1) is 18.8 Å². The van der Waals surface area contributed by atoms with Gasteiger partial charge in [0.2, 0.25) is 5.95 Å². The monoisotopic (exact) mass is 453 g/mol. The molecule has 0 bridgehead atoms. The zero-order valence-corrected chi connectivity index (χ0v) is 19.7. The highest BCUT2D eigenvalue weighted by Gasteiger charge is 2.31. The molecule has 1 atom stereocenters. The highest BCUT2D eigenvalue weighted by molar-refractivity contribution is 5.93. The summed E-state index contributed by atoms with van der Waals surface area (Å²) < 4.78 is 7.41. The molecule has 33 heavy (non-hydrogen) atoms. The zero-order valence-electron chi connectivity index (χ0n) is 19.7. The number of piperidine rings is 1. The average Bonchev–Trinajstić information content (AvgIpc) is 3.41. The maximum absolute atomic E-state index is 12.6. The lowest BCUT2D eigenvalue weighted by Crippen LogP contribution is -2.44. The molecule has 2 aliphatic rings. The van der Waals surface area contributed by atoms with Crippen molar-refractivity contribution in [3.05, 3.63) is 17.6 Å². The van der Waals surface area contributed by atoms with Gasteiger partial charge in [0.15, 0.2) is 5.65 Å². The van der Waals surface area contributed by atoms with E-state index >= 15 is 0 Å². The van der Waals surface area contributed by atoms with Gasteiger partial charge in [-0.05, 0) is 38.5 Å². The van der Waals surface area contributed by atoms with Crippen LogP contribution < -0.4 is 5.32 Å².